The third-order valence-electron chi connectivity index (χ3n) is 3.29. The van der Waals surface area contributed by atoms with E-state index in [0.29, 0.717) is 17.5 Å². The first kappa shape index (κ1) is 12.0. The maximum atomic E-state index is 13.7. The molecule has 3 rings (SSSR count). The number of fused-ring (bicyclic) bond motifs is 1. The number of benzene rings is 1. The maximum Gasteiger partial charge on any atom is 0.305 e. The number of ether oxygens (including phenoxy) is 1. The highest BCUT2D eigenvalue weighted by molar-refractivity contribution is 5.81. The van der Waals surface area contributed by atoms with Crippen LogP contribution in [0.1, 0.15) is 25.5 Å². The lowest BCUT2D eigenvalue weighted by atomic mass is 10.2. The predicted octanol–water partition coefficient (Wildman–Crippen LogP) is 2.78. The second kappa shape index (κ2) is 4.58. The summed E-state index contributed by atoms with van der Waals surface area (Å²) in [5.41, 5.74) is -0.00777. The first-order chi connectivity index (χ1) is 9.16. The van der Waals surface area contributed by atoms with Gasteiger partial charge in [-0.05, 0) is 19.3 Å². The van der Waals surface area contributed by atoms with Gasteiger partial charge in [-0.2, -0.15) is 9.49 Å². The van der Waals surface area contributed by atoms with Crippen LogP contribution in [-0.2, 0) is 4.74 Å². The fraction of sp³-hybridized carbons (Fsp3) is 0.417. The van der Waals surface area contributed by atoms with Gasteiger partial charge < -0.3 is 4.74 Å². The van der Waals surface area contributed by atoms with Crippen molar-refractivity contribution in [3.05, 3.63) is 34.3 Å². The van der Waals surface area contributed by atoms with E-state index in [1.54, 1.807) is 4.68 Å². The number of halogens is 1. The number of aromatic nitrogens is 2. The minimum atomic E-state index is -0.852. The predicted molar refractivity (Wildman–Crippen MR) is 65.2 cm³/mol. The maximum absolute atomic E-state index is 13.7. The molecule has 0 radical (unpaired) electrons. The largest absolute Gasteiger partial charge is 0.356 e. The number of hydrogen-bond donors (Lipinski definition) is 0. The minimum Gasteiger partial charge on any atom is -0.356 e. The minimum absolute atomic E-state index is 0.216. The van der Waals surface area contributed by atoms with Gasteiger partial charge in [-0.3, -0.25) is 10.1 Å². The van der Waals surface area contributed by atoms with Crippen molar-refractivity contribution in [3.8, 4) is 0 Å². The average molecular weight is 265 g/mol. The highest BCUT2D eigenvalue weighted by atomic mass is 19.1. The molecule has 7 heteroatoms. The van der Waals surface area contributed by atoms with E-state index in [-0.39, 0.29) is 6.23 Å². The van der Waals surface area contributed by atoms with Crippen LogP contribution in [-0.4, -0.2) is 21.3 Å². The van der Waals surface area contributed by atoms with E-state index in [1.165, 1.54) is 12.3 Å². The molecule has 1 aromatic carbocycles. The van der Waals surface area contributed by atoms with Crippen LogP contribution in [0.2, 0.25) is 0 Å². The van der Waals surface area contributed by atoms with E-state index in [2.05, 4.69) is 5.10 Å². The van der Waals surface area contributed by atoms with Crippen molar-refractivity contribution in [2.45, 2.75) is 25.5 Å². The van der Waals surface area contributed by atoms with Gasteiger partial charge in [0.05, 0.1) is 16.6 Å². The molecule has 6 nitrogen and oxygen atoms in total. The molecule has 100 valence electrons. The molecule has 2 heterocycles. The molecule has 1 unspecified atom stereocenters. The van der Waals surface area contributed by atoms with Crippen molar-refractivity contribution in [1.29, 1.82) is 0 Å². The molecule has 1 saturated heterocycles. The Morgan fingerprint density at radius 3 is 3.00 bits per heavy atom. The van der Waals surface area contributed by atoms with Gasteiger partial charge in [-0.25, -0.2) is 4.68 Å². The van der Waals surface area contributed by atoms with Crippen LogP contribution in [0.15, 0.2) is 18.3 Å². The SMILES string of the molecule is O=[N+]([O-])c1cc2cnn(C3CCCCO3)c2cc1F. The second-order valence-corrected chi connectivity index (χ2v) is 4.53. The standard InChI is InChI=1S/C12H12FN3O3/c13-9-6-10-8(5-11(9)16(17)18)7-14-15(10)12-3-1-2-4-19-12/h5-7,12H,1-4H2. The Bertz CT molecular complexity index is 634. The summed E-state index contributed by atoms with van der Waals surface area (Å²) in [4.78, 5) is 9.95. The molecule has 1 aliphatic heterocycles. The van der Waals surface area contributed by atoms with E-state index in [9.17, 15) is 14.5 Å². The molecule has 1 aromatic heterocycles. The summed E-state index contributed by atoms with van der Waals surface area (Å²) in [6, 6.07) is 2.36. The van der Waals surface area contributed by atoms with Crippen molar-refractivity contribution in [1.82, 2.24) is 9.78 Å². The zero-order valence-electron chi connectivity index (χ0n) is 10.1. The lowest BCUT2D eigenvalue weighted by Crippen LogP contribution is -2.19. The Morgan fingerprint density at radius 2 is 2.32 bits per heavy atom. The summed E-state index contributed by atoms with van der Waals surface area (Å²) in [7, 11) is 0. The van der Waals surface area contributed by atoms with Gasteiger partial charge in [0, 0.05) is 24.1 Å². The topological polar surface area (TPSA) is 70.2 Å². The van der Waals surface area contributed by atoms with E-state index in [1.807, 2.05) is 0 Å². The number of nitro benzene ring substituents is 1. The zero-order chi connectivity index (χ0) is 13.4. The van der Waals surface area contributed by atoms with Crippen LogP contribution in [0.4, 0.5) is 10.1 Å². The van der Waals surface area contributed by atoms with Crippen molar-refractivity contribution in [2.75, 3.05) is 6.61 Å². The van der Waals surface area contributed by atoms with Crippen molar-refractivity contribution in [2.24, 2.45) is 0 Å². The molecule has 19 heavy (non-hydrogen) atoms. The van der Waals surface area contributed by atoms with Gasteiger partial charge in [0.2, 0.25) is 5.82 Å². The number of rotatable bonds is 2. The molecule has 1 atom stereocenters. The summed E-state index contributed by atoms with van der Waals surface area (Å²) in [6.07, 6.45) is 4.14. The number of nitrogens with zero attached hydrogens (tertiary/aromatic N) is 3. The van der Waals surface area contributed by atoms with Crippen molar-refractivity contribution >= 4 is 16.6 Å². The molecule has 0 bridgehead atoms. The molecule has 0 amide bonds. The third-order valence-corrected chi connectivity index (χ3v) is 3.29. The Balaban J connectivity index is 2.07. The average Bonchev–Trinajstić information content (AvgIpc) is 2.81. The Labute approximate surface area is 107 Å². The van der Waals surface area contributed by atoms with E-state index in [0.717, 1.165) is 25.3 Å². The van der Waals surface area contributed by atoms with Crippen molar-refractivity contribution in [3.63, 3.8) is 0 Å². The first-order valence-corrected chi connectivity index (χ1v) is 6.09. The fourth-order valence-corrected chi connectivity index (χ4v) is 2.34. The summed E-state index contributed by atoms with van der Waals surface area (Å²) in [6.45, 7) is 0.654. The lowest BCUT2D eigenvalue weighted by molar-refractivity contribution is -0.387. The van der Waals surface area contributed by atoms with Crippen LogP contribution in [0, 0.1) is 15.9 Å². The van der Waals surface area contributed by atoms with Crippen LogP contribution in [0.25, 0.3) is 10.9 Å². The highest BCUT2D eigenvalue weighted by Crippen LogP contribution is 2.29. The Morgan fingerprint density at radius 1 is 1.47 bits per heavy atom. The van der Waals surface area contributed by atoms with E-state index < -0.39 is 16.4 Å². The van der Waals surface area contributed by atoms with Crippen LogP contribution in [0.3, 0.4) is 0 Å². The first-order valence-electron chi connectivity index (χ1n) is 6.09. The zero-order valence-corrected chi connectivity index (χ0v) is 10.1. The van der Waals surface area contributed by atoms with E-state index >= 15 is 0 Å². The monoisotopic (exact) mass is 265 g/mol. The van der Waals surface area contributed by atoms with Gasteiger partial charge in [-0.1, -0.05) is 0 Å². The highest BCUT2D eigenvalue weighted by Gasteiger charge is 2.22. The summed E-state index contributed by atoms with van der Waals surface area (Å²) >= 11 is 0. The molecule has 1 fully saturated rings. The number of hydrogen-bond acceptors (Lipinski definition) is 4. The van der Waals surface area contributed by atoms with E-state index in [4.69, 9.17) is 4.74 Å². The van der Waals surface area contributed by atoms with Crippen LogP contribution >= 0.6 is 0 Å². The number of nitro groups is 1. The fourth-order valence-electron chi connectivity index (χ4n) is 2.34. The van der Waals surface area contributed by atoms with Gasteiger partial charge in [0.1, 0.15) is 0 Å². The van der Waals surface area contributed by atoms with Gasteiger partial charge in [0.15, 0.2) is 6.23 Å². The third kappa shape index (κ3) is 2.06. The van der Waals surface area contributed by atoms with Gasteiger partial charge >= 0.3 is 5.69 Å². The summed E-state index contributed by atoms with van der Waals surface area (Å²) in [5.74, 6) is -0.852. The summed E-state index contributed by atoms with van der Waals surface area (Å²) in [5, 5.41) is 15.4. The smallest absolute Gasteiger partial charge is 0.305 e. The molecule has 0 aliphatic carbocycles. The molecule has 0 spiro atoms. The molecule has 0 N–H and O–H groups in total. The lowest BCUT2D eigenvalue weighted by Gasteiger charge is -2.23. The van der Waals surface area contributed by atoms with Crippen molar-refractivity contribution < 1.29 is 14.1 Å². The molecule has 0 saturated carbocycles. The Kier molecular flexibility index (Phi) is 2.90. The molecule has 1 aliphatic rings. The van der Waals surface area contributed by atoms with Gasteiger partial charge in [0.25, 0.3) is 0 Å². The molecular formula is C12H12FN3O3. The van der Waals surface area contributed by atoms with Crippen LogP contribution < -0.4 is 0 Å². The molecule has 2 aromatic rings. The quantitative estimate of drug-likeness (QED) is 0.618. The van der Waals surface area contributed by atoms with Gasteiger partial charge in [-0.15, -0.1) is 0 Å². The molecular weight excluding hydrogens is 253 g/mol. The van der Waals surface area contributed by atoms with Crippen LogP contribution in [0.5, 0.6) is 0 Å². The second-order valence-electron chi connectivity index (χ2n) is 4.53. The Hall–Kier alpha value is -2.02. The normalized spacial score (nSPS) is 19.7. The summed E-state index contributed by atoms with van der Waals surface area (Å²) < 4.78 is 20.9.